The first-order valence-electron chi connectivity index (χ1n) is 8.22. The van der Waals surface area contributed by atoms with Crippen molar-refractivity contribution >= 4 is 0 Å². The zero-order valence-corrected chi connectivity index (χ0v) is 13.5. The van der Waals surface area contributed by atoms with E-state index in [1.54, 1.807) is 0 Å². The molecule has 4 rings (SSSR count). The van der Waals surface area contributed by atoms with Crippen molar-refractivity contribution in [3.63, 3.8) is 0 Å². The smallest absolute Gasteiger partial charge is 0.205 e. The molecule has 24 heavy (non-hydrogen) atoms. The Morgan fingerprint density at radius 3 is 2.88 bits per heavy atom. The molecule has 1 aromatic carbocycles. The van der Waals surface area contributed by atoms with Gasteiger partial charge in [0.2, 0.25) is 5.82 Å². The molecule has 1 aliphatic heterocycles. The zero-order valence-electron chi connectivity index (χ0n) is 13.5. The molecule has 3 aromatic rings. The molecule has 1 N–H and O–H groups in total. The first kappa shape index (κ1) is 14.9. The average molecular weight is 325 g/mol. The minimum Gasteiger partial charge on any atom is -0.381 e. The van der Waals surface area contributed by atoms with Crippen molar-refractivity contribution < 1.29 is 4.74 Å². The molecule has 8 nitrogen and oxygen atoms in total. The maximum absolute atomic E-state index is 5.49. The summed E-state index contributed by atoms with van der Waals surface area (Å²) in [7, 11) is 0. The van der Waals surface area contributed by atoms with Crippen LogP contribution in [-0.4, -0.2) is 48.6 Å². The zero-order chi connectivity index (χ0) is 16.4. The summed E-state index contributed by atoms with van der Waals surface area (Å²) in [6.45, 7) is 4.43. The van der Waals surface area contributed by atoms with Gasteiger partial charge in [0, 0.05) is 30.2 Å². The van der Waals surface area contributed by atoms with Crippen molar-refractivity contribution in [1.82, 2.24) is 35.4 Å². The van der Waals surface area contributed by atoms with Crippen molar-refractivity contribution in [1.29, 1.82) is 0 Å². The Balaban J connectivity index is 1.81. The van der Waals surface area contributed by atoms with E-state index in [1.807, 2.05) is 28.9 Å². The Labute approximate surface area is 139 Å². The number of aromatic amines is 1. The first-order valence-corrected chi connectivity index (χ1v) is 8.22. The Morgan fingerprint density at radius 2 is 2.17 bits per heavy atom. The summed E-state index contributed by atoms with van der Waals surface area (Å²) >= 11 is 0. The van der Waals surface area contributed by atoms with Gasteiger partial charge in [0.05, 0.1) is 6.61 Å². The van der Waals surface area contributed by atoms with Crippen LogP contribution < -0.4 is 0 Å². The molecule has 3 heterocycles. The van der Waals surface area contributed by atoms with Gasteiger partial charge in [0.1, 0.15) is 0 Å². The van der Waals surface area contributed by atoms with Crippen molar-refractivity contribution in [2.24, 2.45) is 0 Å². The van der Waals surface area contributed by atoms with Crippen LogP contribution in [-0.2, 0) is 11.3 Å². The summed E-state index contributed by atoms with van der Waals surface area (Å²) in [5.74, 6) is 2.54. The topological polar surface area (TPSA) is 94.4 Å². The Bertz CT molecular complexity index is 806. The molecular formula is C16H19N7O. The molecule has 0 aliphatic carbocycles. The number of H-pyrrole nitrogens is 1. The number of tetrazole rings is 1. The van der Waals surface area contributed by atoms with E-state index in [9.17, 15) is 0 Å². The highest BCUT2D eigenvalue weighted by atomic mass is 16.5. The highest BCUT2D eigenvalue weighted by Crippen LogP contribution is 2.31. The largest absolute Gasteiger partial charge is 0.381 e. The lowest BCUT2D eigenvalue weighted by Gasteiger charge is -2.07. The van der Waals surface area contributed by atoms with Gasteiger partial charge in [-0.2, -0.15) is 10.3 Å². The second-order valence-electron chi connectivity index (χ2n) is 5.86. The molecule has 124 valence electrons. The van der Waals surface area contributed by atoms with E-state index < -0.39 is 0 Å². The number of hydrogen-bond acceptors (Lipinski definition) is 6. The minimum absolute atomic E-state index is 0.277. The molecule has 2 aromatic heterocycles. The lowest BCUT2D eigenvalue weighted by Crippen LogP contribution is -2.04. The molecule has 0 amide bonds. The summed E-state index contributed by atoms with van der Waals surface area (Å²) in [5.41, 5.74) is 1.86. The van der Waals surface area contributed by atoms with Crippen molar-refractivity contribution in [3.05, 3.63) is 30.1 Å². The summed E-state index contributed by atoms with van der Waals surface area (Å²) in [6, 6.07) is 7.95. The second kappa shape index (κ2) is 6.48. The number of benzene rings is 1. The summed E-state index contributed by atoms with van der Waals surface area (Å²) in [6.07, 6.45) is 1.96. The lowest BCUT2D eigenvalue weighted by atomic mass is 10.1. The molecule has 0 saturated carbocycles. The van der Waals surface area contributed by atoms with Crippen LogP contribution in [0.4, 0.5) is 0 Å². The van der Waals surface area contributed by atoms with Crippen LogP contribution in [0.15, 0.2) is 24.3 Å². The number of nitrogens with one attached hydrogen (secondary N) is 1. The fourth-order valence-electron chi connectivity index (χ4n) is 2.99. The third-order valence-electron chi connectivity index (χ3n) is 4.17. The summed E-state index contributed by atoms with van der Waals surface area (Å²) < 4.78 is 7.47. The number of aromatic nitrogens is 7. The minimum atomic E-state index is 0.277. The van der Waals surface area contributed by atoms with Gasteiger partial charge in [-0.25, -0.2) is 9.67 Å². The van der Waals surface area contributed by atoms with Crippen LogP contribution in [0.25, 0.3) is 22.8 Å². The van der Waals surface area contributed by atoms with Gasteiger partial charge in [-0.1, -0.05) is 31.2 Å². The maximum Gasteiger partial charge on any atom is 0.205 e. The first-order chi connectivity index (χ1) is 11.9. The quantitative estimate of drug-likeness (QED) is 0.771. The third kappa shape index (κ3) is 2.69. The van der Waals surface area contributed by atoms with Crippen LogP contribution in [0, 0.1) is 0 Å². The molecule has 1 aliphatic rings. The van der Waals surface area contributed by atoms with E-state index in [1.165, 1.54) is 0 Å². The molecule has 8 heteroatoms. The van der Waals surface area contributed by atoms with Crippen molar-refractivity contribution in [3.8, 4) is 22.8 Å². The molecule has 0 spiro atoms. The Kier molecular flexibility index (Phi) is 4.04. The number of ether oxygens (including phenoxy) is 1. The number of hydrogen-bond donors (Lipinski definition) is 1. The number of aryl methyl sites for hydroxylation is 1. The van der Waals surface area contributed by atoms with E-state index in [0.717, 1.165) is 48.8 Å². The van der Waals surface area contributed by atoms with Gasteiger partial charge >= 0.3 is 0 Å². The molecule has 0 unspecified atom stereocenters. The summed E-state index contributed by atoms with van der Waals surface area (Å²) in [4.78, 5) is 4.84. The molecule has 1 saturated heterocycles. The Hall–Kier alpha value is -2.61. The van der Waals surface area contributed by atoms with Crippen LogP contribution in [0.2, 0.25) is 0 Å². The lowest BCUT2D eigenvalue weighted by molar-refractivity contribution is 0.193. The van der Waals surface area contributed by atoms with Crippen LogP contribution in [0.5, 0.6) is 0 Å². The van der Waals surface area contributed by atoms with Gasteiger partial charge in [-0.05, 0) is 18.1 Å². The van der Waals surface area contributed by atoms with Crippen molar-refractivity contribution in [2.45, 2.75) is 32.2 Å². The van der Waals surface area contributed by atoms with Gasteiger partial charge in [-0.15, -0.1) is 10.2 Å². The molecule has 1 fully saturated rings. The van der Waals surface area contributed by atoms with E-state index in [2.05, 4.69) is 27.5 Å². The van der Waals surface area contributed by atoms with Crippen LogP contribution >= 0.6 is 0 Å². The molecule has 0 radical (unpaired) electrons. The van der Waals surface area contributed by atoms with E-state index in [0.29, 0.717) is 12.4 Å². The van der Waals surface area contributed by atoms with E-state index >= 15 is 0 Å². The third-order valence-corrected chi connectivity index (χ3v) is 4.17. The highest BCUT2D eigenvalue weighted by molar-refractivity contribution is 5.76. The monoisotopic (exact) mass is 325 g/mol. The van der Waals surface area contributed by atoms with Gasteiger partial charge in [0.15, 0.2) is 11.6 Å². The van der Waals surface area contributed by atoms with Crippen LogP contribution in [0.3, 0.4) is 0 Å². The van der Waals surface area contributed by atoms with Gasteiger partial charge in [-0.3, -0.25) is 0 Å². The fourth-order valence-corrected chi connectivity index (χ4v) is 2.99. The highest BCUT2D eigenvalue weighted by Gasteiger charge is 2.25. The van der Waals surface area contributed by atoms with Gasteiger partial charge in [0.25, 0.3) is 0 Å². The molecular weight excluding hydrogens is 306 g/mol. The second-order valence-corrected chi connectivity index (χ2v) is 5.86. The fraction of sp³-hybridized carbons (Fsp3) is 0.438. The van der Waals surface area contributed by atoms with Crippen LogP contribution in [0.1, 0.15) is 31.5 Å². The average Bonchev–Trinajstić information content (AvgIpc) is 3.36. The molecule has 0 bridgehead atoms. The SMILES string of the molecule is CCCn1nc([C@H]2CCOC2)nc1-c1ccccc1-c1nn[nH]n1. The maximum atomic E-state index is 5.49. The predicted molar refractivity (Wildman–Crippen MR) is 87.1 cm³/mol. The van der Waals surface area contributed by atoms with Gasteiger partial charge < -0.3 is 4.74 Å². The summed E-state index contributed by atoms with van der Waals surface area (Å²) in [5, 5.41) is 19.1. The van der Waals surface area contributed by atoms with E-state index in [-0.39, 0.29) is 5.92 Å². The Morgan fingerprint density at radius 1 is 1.29 bits per heavy atom. The molecule has 1 atom stereocenters. The number of nitrogens with zero attached hydrogens (tertiary/aromatic N) is 6. The van der Waals surface area contributed by atoms with E-state index in [4.69, 9.17) is 14.8 Å². The normalized spacial score (nSPS) is 17.5. The van der Waals surface area contributed by atoms with Crippen molar-refractivity contribution in [2.75, 3.05) is 13.2 Å². The standard InChI is InChI=1S/C16H19N7O/c1-2-8-23-16(17-14(20-23)11-7-9-24-10-11)13-6-4-3-5-12(13)15-18-21-22-19-15/h3-6,11H,2,7-10H2,1H3,(H,18,19,21,22)/t11-/m0/s1. The predicted octanol–water partition coefficient (Wildman–Crippen LogP) is 2.04. The number of rotatable bonds is 5.